The van der Waals surface area contributed by atoms with Crippen LogP contribution in [0, 0.1) is 23.7 Å². The summed E-state index contributed by atoms with van der Waals surface area (Å²) in [5.74, 6) is -4.20. The first-order chi connectivity index (χ1) is 21.6. The van der Waals surface area contributed by atoms with Crippen LogP contribution in [0.2, 0.25) is 0 Å². The van der Waals surface area contributed by atoms with Crippen molar-refractivity contribution in [3.8, 4) is 0 Å². The molecule has 0 spiro atoms. The summed E-state index contributed by atoms with van der Waals surface area (Å²) in [5.41, 5.74) is 0. The zero-order valence-corrected chi connectivity index (χ0v) is 29.6. The van der Waals surface area contributed by atoms with Crippen molar-refractivity contribution in [2.24, 2.45) is 23.7 Å². The van der Waals surface area contributed by atoms with Gasteiger partial charge in [-0.2, -0.15) is 0 Å². The van der Waals surface area contributed by atoms with Gasteiger partial charge in [0.2, 0.25) is 29.5 Å². The van der Waals surface area contributed by atoms with Crippen LogP contribution in [0.25, 0.3) is 0 Å². The summed E-state index contributed by atoms with van der Waals surface area (Å²) in [7, 11) is 0. The number of carbonyl (C=O) groups excluding carboxylic acids is 6. The molecule has 1 aliphatic rings. The fourth-order valence-corrected chi connectivity index (χ4v) is 5.33. The fourth-order valence-electron chi connectivity index (χ4n) is 5.33. The number of hydrogen-bond acceptors (Lipinski definition) is 7. The first kappa shape index (κ1) is 40.8. The maximum absolute atomic E-state index is 13.5. The van der Waals surface area contributed by atoms with Crippen molar-refractivity contribution in [1.82, 2.24) is 26.6 Å². The largest absolute Gasteiger partial charge is 0.460 e. The predicted molar refractivity (Wildman–Crippen MR) is 177 cm³/mol. The van der Waals surface area contributed by atoms with Crippen LogP contribution < -0.4 is 26.6 Å². The van der Waals surface area contributed by atoms with Crippen LogP contribution in [0.5, 0.6) is 0 Å². The number of cyclic esters (lactones) is 1. The van der Waals surface area contributed by atoms with Crippen molar-refractivity contribution in [3.05, 3.63) is 0 Å². The monoisotopic (exact) mass is 651 g/mol. The van der Waals surface area contributed by atoms with Crippen LogP contribution in [0.15, 0.2) is 0 Å². The lowest BCUT2D eigenvalue weighted by Gasteiger charge is -2.29. The van der Waals surface area contributed by atoms with E-state index in [0.29, 0.717) is 6.42 Å². The van der Waals surface area contributed by atoms with Crippen molar-refractivity contribution in [2.45, 2.75) is 150 Å². The Hall–Kier alpha value is -3.18. The van der Waals surface area contributed by atoms with Crippen molar-refractivity contribution >= 4 is 35.5 Å². The number of amides is 5. The molecule has 12 heteroatoms. The Morgan fingerprint density at radius 2 is 1.30 bits per heavy atom. The summed E-state index contributed by atoms with van der Waals surface area (Å²) < 4.78 is 5.92. The average molecular weight is 652 g/mol. The van der Waals surface area contributed by atoms with E-state index < -0.39 is 65.8 Å². The zero-order valence-electron chi connectivity index (χ0n) is 29.6. The molecule has 1 aliphatic heterocycles. The summed E-state index contributed by atoms with van der Waals surface area (Å²) in [6.45, 7) is 16.1. The molecule has 1 rings (SSSR count). The van der Waals surface area contributed by atoms with Crippen molar-refractivity contribution in [3.63, 3.8) is 0 Å². The minimum absolute atomic E-state index is 0.0283. The number of nitrogens with one attached hydrogen (secondary N) is 5. The lowest BCUT2D eigenvalue weighted by Crippen LogP contribution is -2.58. The molecule has 0 bridgehead atoms. The third kappa shape index (κ3) is 14.9. The van der Waals surface area contributed by atoms with Gasteiger partial charge in [0, 0.05) is 0 Å². The van der Waals surface area contributed by atoms with Crippen LogP contribution in [0.4, 0.5) is 0 Å². The van der Waals surface area contributed by atoms with Gasteiger partial charge >= 0.3 is 5.97 Å². The second kappa shape index (κ2) is 20.8. The minimum atomic E-state index is -1.02. The summed E-state index contributed by atoms with van der Waals surface area (Å²) in [4.78, 5) is 79.2. The maximum atomic E-state index is 13.5. The standard InChI is InChI=1S/C34H61N5O7/c1-10-11-12-13-14-15-16-23(8)26-18-27(40)35-19-28(41)38-29(21(4)5)33(44)37-25(17-20(2)3)32(43)36-24(9)31(42)39-30(22(6)7)34(45)46-26/h20-26,29-30H,10-19H2,1-9H3,(H,35,40)(H,36,43)(H,37,44)(H,38,41)(H,39,42)/t23-,24-,25+,26-,29-,30-/m0/s1. The fraction of sp³-hybridized carbons (Fsp3) is 0.824. The van der Waals surface area contributed by atoms with Crippen LogP contribution >= 0.6 is 0 Å². The van der Waals surface area contributed by atoms with E-state index in [2.05, 4.69) is 33.5 Å². The average Bonchev–Trinajstić information content (AvgIpc) is 2.97. The Morgan fingerprint density at radius 3 is 1.89 bits per heavy atom. The highest BCUT2D eigenvalue weighted by Gasteiger charge is 2.34. The van der Waals surface area contributed by atoms with Gasteiger partial charge in [-0.1, -0.05) is 93.9 Å². The van der Waals surface area contributed by atoms with E-state index in [1.165, 1.54) is 19.8 Å². The van der Waals surface area contributed by atoms with E-state index in [1.807, 2.05) is 20.8 Å². The van der Waals surface area contributed by atoms with E-state index in [4.69, 9.17) is 4.74 Å². The Morgan fingerprint density at radius 1 is 0.696 bits per heavy atom. The molecule has 1 saturated heterocycles. The quantitative estimate of drug-likeness (QED) is 0.159. The molecule has 1 heterocycles. The van der Waals surface area contributed by atoms with E-state index in [1.54, 1.807) is 27.7 Å². The number of ether oxygens (including phenoxy) is 1. The molecular weight excluding hydrogens is 590 g/mol. The highest BCUT2D eigenvalue weighted by Crippen LogP contribution is 2.21. The van der Waals surface area contributed by atoms with Gasteiger partial charge in [0.25, 0.3) is 0 Å². The lowest BCUT2D eigenvalue weighted by molar-refractivity contribution is -0.158. The number of hydrogen-bond donors (Lipinski definition) is 5. The smallest absolute Gasteiger partial charge is 0.329 e. The van der Waals surface area contributed by atoms with Crippen LogP contribution in [-0.4, -0.2) is 72.3 Å². The molecule has 6 atom stereocenters. The first-order valence-electron chi connectivity index (χ1n) is 17.2. The van der Waals surface area contributed by atoms with Crippen LogP contribution in [-0.2, 0) is 33.5 Å². The number of unbranched alkanes of at least 4 members (excludes halogenated alkanes) is 5. The Bertz CT molecular complexity index is 1020. The van der Waals surface area contributed by atoms with Crippen molar-refractivity contribution in [2.75, 3.05) is 6.54 Å². The topological polar surface area (TPSA) is 172 Å². The molecule has 46 heavy (non-hydrogen) atoms. The highest BCUT2D eigenvalue weighted by atomic mass is 16.5. The molecule has 1 fully saturated rings. The third-order valence-corrected chi connectivity index (χ3v) is 8.32. The second-order valence-corrected chi connectivity index (χ2v) is 13.9. The van der Waals surface area contributed by atoms with Gasteiger partial charge in [0.15, 0.2) is 0 Å². The van der Waals surface area contributed by atoms with E-state index >= 15 is 0 Å². The number of esters is 1. The van der Waals surface area contributed by atoms with Gasteiger partial charge in [0.05, 0.1) is 13.0 Å². The molecule has 12 nitrogen and oxygen atoms in total. The van der Waals surface area contributed by atoms with Gasteiger partial charge < -0.3 is 31.3 Å². The first-order valence-corrected chi connectivity index (χ1v) is 17.2. The van der Waals surface area contributed by atoms with Gasteiger partial charge in [-0.3, -0.25) is 24.0 Å². The van der Waals surface area contributed by atoms with Crippen LogP contribution in [0.3, 0.4) is 0 Å². The Kier molecular flexibility index (Phi) is 18.5. The predicted octanol–water partition coefficient (Wildman–Crippen LogP) is 3.12. The third-order valence-electron chi connectivity index (χ3n) is 8.32. The van der Waals surface area contributed by atoms with Crippen molar-refractivity contribution < 1.29 is 33.5 Å². The summed E-state index contributed by atoms with van der Waals surface area (Å²) >= 11 is 0. The second-order valence-electron chi connectivity index (χ2n) is 13.9. The van der Waals surface area contributed by atoms with E-state index in [9.17, 15) is 28.8 Å². The summed E-state index contributed by atoms with van der Waals surface area (Å²) in [6.07, 6.45) is 6.67. The van der Waals surface area contributed by atoms with Gasteiger partial charge in [0.1, 0.15) is 30.3 Å². The normalized spacial score (nSPS) is 25.4. The molecule has 0 aromatic heterocycles. The molecule has 5 N–H and O–H groups in total. The lowest BCUT2D eigenvalue weighted by atomic mass is 9.94. The Labute approximate surface area is 276 Å². The molecule has 0 unspecified atom stereocenters. The Balaban J connectivity index is 3.33. The highest BCUT2D eigenvalue weighted by molar-refractivity contribution is 5.95. The SMILES string of the molecule is CCCCCCCC[C@H](C)[C@@H]1CC(=O)NCC(=O)N[C@@H](C(C)C)C(=O)N[C@H](CC(C)C)C(=O)N[C@@H](C)C(=O)N[C@@H](C(C)C)C(=O)O1. The summed E-state index contributed by atoms with van der Waals surface area (Å²) in [6, 6.07) is -3.98. The maximum Gasteiger partial charge on any atom is 0.329 e. The molecule has 0 aromatic rings. The zero-order chi connectivity index (χ0) is 35.0. The van der Waals surface area contributed by atoms with Crippen molar-refractivity contribution in [1.29, 1.82) is 0 Å². The number of rotatable bonds is 12. The van der Waals surface area contributed by atoms with E-state index in [-0.39, 0.29) is 36.6 Å². The van der Waals surface area contributed by atoms with Gasteiger partial charge in [-0.25, -0.2) is 4.79 Å². The van der Waals surface area contributed by atoms with E-state index in [0.717, 1.165) is 32.1 Å². The van der Waals surface area contributed by atoms with Crippen LogP contribution in [0.1, 0.15) is 120 Å². The molecular formula is C34H61N5O7. The summed E-state index contributed by atoms with van der Waals surface area (Å²) in [5, 5.41) is 13.4. The number of carbonyl (C=O) groups is 6. The molecule has 0 radical (unpaired) electrons. The van der Waals surface area contributed by atoms with Gasteiger partial charge in [-0.15, -0.1) is 0 Å². The minimum Gasteiger partial charge on any atom is -0.460 e. The van der Waals surface area contributed by atoms with Gasteiger partial charge in [-0.05, 0) is 43.4 Å². The molecule has 0 saturated carbocycles. The molecule has 264 valence electrons. The molecule has 5 amide bonds. The molecule has 0 aliphatic carbocycles. The molecule has 0 aromatic carbocycles.